The van der Waals surface area contributed by atoms with Crippen LogP contribution < -0.4 is 5.32 Å². The summed E-state index contributed by atoms with van der Waals surface area (Å²) in [6, 6.07) is 14.2. The molecule has 4 rings (SSSR count). The monoisotopic (exact) mass is 378 g/mol. The molecule has 2 aromatic heterocycles. The molecule has 6 heteroatoms. The molecular formula is C22H26N4O2. The molecule has 1 fully saturated rings. The van der Waals surface area contributed by atoms with E-state index in [4.69, 9.17) is 4.74 Å². The number of carbonyl (C=O) groups is 1. The Hall–Kier alpha value is -2.86. The summed E-state index contributed by atoms with van der Waals surface area (Å²) in [7, 11) is 0. The lowest BCUT2D eigenvalue weighted by Crippen LogP contribution is -2.44. The fraction of sp³-hybridized carbons (Fsp3) is 0.364. The molecule has 1 aliphatic heterocycles. The van der Waals surface area contributed by atoms with Crippen LogP contribution in [0.5, 0.6) is 0 Å². The first-order valence-corrected chi connectivity index (χ1v) is 9.87. The van der Waals surface area contributed by atoms with E-state index < -0.39 is 0 Å². The van der Waals surface area contributed by atoms with Crippen molar-refractivity contribution in [2.24, 2.45) is 0 Å². The van der Waals surface area contributed by atoms with E-state index in [0.717, 1.165) is 31.6 Å². The van der Waals surface area contributed by atoms with Crippen molar-refractivity contribution in [3.05, 3.63) is 66.6 Å². The van der Waals surface area contributed by atoms with Gasteiger partial charge in [0, 0.05) is 56.9 Å². The van der Waals surface area contributed by atoms with Crippen molar-refractivity contribution in [3.8, 4) is 0 Å². The fourth-order valence-corrected chi connectivity index (χ4v) is 3.69. The normalized spacial score (nSPS) is 16.4. The van der Waals surface area contributed by atoms with Crippen molar-refractivity contribution in [2.45, 2.75) is 32.0 Å². The van der Waals surface area contributed by atoms with Crippen molar-refractivity contribution in [3.63, 3.8) is 0 Å². The van der Waals surface area contributed by atoms with Gasteiger partial charge in [0.2, 0.25) is 0 Å². The van der Waals surface area contributed by atoms with Gasteiger partial charge in [0.25, 0.3) is 0 Å². The zero-order valence-electron chi connectivity index (χ0n) is 16.0. The second-order valence-electron chi connectivity index (χ2n) is 7.17. The van der Waals surface area contributed by atoms with Crippen molar-refractivity contribution >= 4 is 16.9 Å². The minimum Gasteiger partial charge on any atom is -0.376 e. The number of carbonyl (C=O) groups excluding carboxylic acids is 1. The fourth-order valence-electron chi connectivity index (χ4n) is 3.69. The molecule has 0 aliphatic carbocycles. The number of hydrogen-bond acceptors (Lipinski definition) is 3. The molecule has 3 aromatic rings. The smallest absolute Gasteiger partial charge is 0.317 e. The molecule has 0 radical (unpaired) electrons. The lowest BCUT2D eigenvalue weighted by Gasteiger charge is -2.26. The SMILES string of the molecule is O=C(NCCn1ccc2ccccc21)N(Cc1ccncc1)C[C@H]1CCCO1. The summed E-state index contributed by atoms with van der Waals surface area (Å²) in [4.78, 5) is 18.8. The Kier molecular flexibility index (Phi) is 5.87. The van der Waals surface area contributed by atoms with Crippen molar-refractivity contribution in [2.75, 3.05) is 19.7 Å². The summed E-state index contributed by atoms with van der Waals surface area (Å²) < 4.78 is 7.91. The summed E-state index contributed by atoms with van der Waals surface area (Å²) in [6.45, 7) is 3.27. The van der Waals surface area contributed by atoms with Crippen LogP contribution in [0.25, 0.3) is 10.9 Å². The number of pyridine rings is 1. The number of amides is 2. The molecule has 146 valence electrons. The Morgan fingerprint density at radius 1 is 1.21 bits per heavy atom. The lowest BCUT2D eigenvalue weighted by molar-refractivity contribution is 0.0794. The van der Waals surface area contributed by atoms with Gasteiger partial charge in [0.1, 0.15) is 0 Å². The van der Waals surface area contributed by atoms with Gasteiger partial charge in [-0.2, -0.15) is 0 Å². The number of urea groups is 1. The predicted molar refractivity (Wildman–Crippen MR) is 109 cm³/mol. The molecule has 1 aromatic carbocycles. The summed E-state index contributed by atoms with van der Waals surface area (Å²) in [5.74, 6) is 0. The molecule has 1 N–H and O–H groups in total. The first-order chi connectivity index (χ1) is 13.8. The van der Waals surface area contributed by atoms with E-state index in [1.54, 1.807) is 12.4 Å². The number of nitrogens with zero attached hydrogens (tertiary/aromatic N) is 3. The van der Waals surface area contributed by atoms with Crippen LogP contribution in [0.4, 0.5) is 4.79 Å². The highest BCUT2D eigenvalue weighted by atomic mass is 16.5. The summed E-state index contributed by atoms with van der Waals surface area (Å²) in [6.07, 6.45) is 7.79. The molecule has 6 nitrogen and oxygen atoms in total. The quantitative estimate of drug-likeness (QED) is 0.685. The maximum Gasteiger partial charge on any atom is 0.317 e. The lowest BCUT2D eigenvalue weighted by atomic mass is 10.2. The molecular weight excluding hydrogens is 352 g/mol. The van der Waals surface area contributed by atoms with Gasteiger partial charge < -0.3 is 19.5 Å². The summed E-state index contributed by atoms with van der Waals surface area (Å²) in [5, 5.41) is 4.29. The maximum atomic E-state index is 12.9. The zero-order valence-corrected chi connectivity index (χ0v) is 16.0. The second kappa shape index (κ2) is 8.89. The molecule has 0 saturated carbocycles. The number of rotatable bonds is 7. The van der Waals surface area contributed by atoms with E-state index in [1.165, 1.54) is 10.9 Å². The van der Waals surface area contributed by atoms with E-state index in [2.05, 4.69) is 39.3 Å². The van der Waals surface area contributed by atoms with Crippen LogP contribution in [0, 0.1) is 0 Å². The molecule has 1 atom stereocenters. The van der Waals surface area contributed by atoms with E-state index in [1.807, 2.05) is 29.2 Å². The number of para-hydroxylation sites is 1. The van der Waals surface area contributed by atoms with Crippen LogP contribution in [0.2, 0.25) is 0 Å². The number of nitrogens with one attached hydrogen (secondary N) is 1. The maximum absolute atomic E-state index is 12.9. The number of aromatic nitrogens is 2. The summed E-state index contributed by atoms with van der Waals surface area (Å²) in [5.41, 5.74) is 2.25. The molecule has 0 unspecified atom stereocenters. The highest BCUT2D eigenvalue weighted by Gasteiger charge is 2.22. The van der Waals surface area contributed by atoms with Crippen molar-refractivity contribution < 1.29 is 9.53 Å². The van der Waals surface area contributed by atoms with Crippen LogP contribution in [0.1, 0.15) is 18.4 Å². The van der Waals surface area contributed by atoms with Crippen LogP contribution in [-0.4, -0.2) is 46.3 Å². The van der Waals surface area contributed by atoms with Crippen LogP contribution in [-0.2, 0) is 17.8 Å². The number of benzene rings is 1. The first-order valence-electron chi connectivity index (χ1n) is 9.87. The molecule has 28 heavy (non-hydrogen) atoms. The van der Waals surface area contributed by atoms with Crippen molar-refractivity contribution in [1.29, 1.82) is 0 Å². The third kappa shape index (κ3) is 4.51. The molecule has 2 amide bonds. The zero-order chi connectivity index (χ0) is 19.2. The largest absolute Gasteiger partial charge is 0.376 e. The predicted octanol–water partition coefficient (Wildman–Crippen LogP) is 3.43. The van der Waals surface area contributed by atoms with Crippen LogP contribution in [0.15, 0.2) is 61.1 Å². The molecule has 1 aliphatic rings. The van der Waals surface area contributed by atoms with Gasteiger partial charge in [-0.25, -0.2) is 4.79 Å². The topological polar surface area (TPSA) is 59.4 Å². The minimum atomic E-state index is -0.0521. The second-order valence-corrected chi connectivity index (χ2v) is 7.17. The van der Waals surface area contributed by atoms with Gasteiger partial charge in [-0.3, -0.25) is 4.98 Å². The van der Waals surface area contributed by atoms with Gasteiger partial charge in [0.05, 0.1) is 6.10 Å². The first kappa shape index (κ1) is 18.5. The van der Waals surface area contributed by atoms with Crippen LogP contribution >= 0.6 is 0 Å². The third-order valence-corrected chi connectivity index (χ3v) is 5.17. The Balaban J connectivity index is 1.36. The van der Waals surface area contributed by atoms with Gasteiger partial charge in [-0.1, -0.05) is 18.2 Å². The number of ether oxygens (including phenoxy) is 1. The van der Waals surface area contributed by atoms with E-state index in [9.17, 15) is 4.79 Å². The highest BCUT2D eigenvalue weighted by molar-refractivity contribution is 5.80. The highest BCUT2D eigenvalue weighted by Crippen LogP contribution is 2.16. The minimum absolute atomic E-state index is 0.0521. The average molecular weight is 378 g/mol. The Morgan fingerprint density at radius 3 is 2.89 bits per heavy atom. The molecule has 1 saturated heterocycles. The van der Waals surface area contributed by atoms with E-state index in [-0.39, 0.29) is 12.1 Å². The molecule has 0 spiro atoms. The van der Waals surface area contributed by atoms with Crippen molar-refractivity contribution in [1.82, 2.24) is 19.8 Å². The molecule has 0 bridgehead atoms. The van der Waals surface area contributed by atoms with E-state index in [0.29, 0.717) is 19.6 Å². The van der Waals surface area contributed by atoms with E-state index >= 15 is 0 Å². The van der Waals surface area contributed by atoms with Crippen LogP contribution in [0.3, 0.4) is 0 Å². The average Bonchev–Trinajstić information content (AvgIpc) is 3.38. The molecule has 3 heterocycles. The Labute approximate surface area is 165 Å². The number of fused-ring (bicyclic) bond motifs is 1. The Morgan fingerprint density at radius 2 is 2.07 bits per heavy atom. The third-order valence-electron chi connectivity index (χ3n) is 5.17. The van der Waals surface area contributed by atoms with Gasteiger partial charge in [-0.15, -0.1) is 0 Å². The van der Waals surface area contributed by atoms with Gasteiger partial charge in [-0.05, 0) is 48.1 Å². The summed E-state index contributed by atoms with van der Waals surface area (Å²) >= 11 is 0. The Bertz CT molecular complexity index is 903. The van der Waals surface area contributed by atoms with Gasteiger partial charge >= 0.3 is 6.03 Å². The standard InChI is InChI=1S/C22H26N4O2/c27-22(24-12-14-25-13-9-19-4-1-2-6-21(19)25)26(17-20-5-3-15-28-20)16-18-7-10-23-11-8-18/h1-2,4,6-11,13,20H,3,5,12,14-17H2,(H,24,27)/t20-/m1/s1. The number of hydrogen-bond donors (Lipinski definition) is 1. The van der Waals surface area contributed by atoms with Gasteiger partial charge in [0.15, 0.2) is 0 Å².